The summed E-state index contributed by atoms with van der Waals surface area (Å²) in [7, 11) is 0. The van der Waals surface area contributed by atoms with Gasteiger partial charge < -0.3 is 4.55 Å². The summed E-state index contributed by atoms with van der Waals surface area (Å²) in [5, 5.41) is 8.57. The van der Waals surface area contributed by atoms with Crippen LogP contribution < -0.4 is 0 Å². The Morgan fingerprint density at radius 3 is 2.92 bits per heavy atom. The second-order valence-electron chi connectivity index (χ2n) is 2.57. The average Bonchev–Trinajstić information content (AvgIpc) is 2.15. The van der Waals surface area contributed by atoms with Gasteiger partial charge in [-0.2, -0.15) is 5.26 Å². The van der Waals surface area contributed by atoms with Crippen LogP contribution in [0.1, 0.15) is 11.1 Å². The predicted molar refractivity (Wildman–Crippen MR) is 48.6 cm³/mol. The highest BCUT2D eigenvalue weighted by Crippen LogP contribution is 2.04. The first kappa shape index (κ1) is 9.90. The van der Waals surface area contributed by atoms with E-state index in [1.807, 2.05) is 12.1 Å². The quantitative estimate of drug-likeness (QED) is 0.674. The number of hydrogen-bond acceptors (Lipinski definition) is 3. The summed E-state index contributed by atoms with van der Waals surface area (Å²) >= 11 is -2.01. The zero-order chi connectivity index (χ0) is 9.68. The van der Waals surface area contributed by atoms with Crippen molar-refractivity contribution in [1.29, 1.82) is 5.26 Å². The van der Waals surface area contributed by atoms with Crippen molar-refractivity contribution >= 4 is 11.1 Å². The molecule has 0 fully saturated rings. The summed E-state index contributed by atoms with van der Waals surface area (Å²) in [6.07, 6.45) is 0.464. The lowest BCUT2D eigenvalue weighted by Crippen LogP contribution is -1.99. The van der Waals surface area contributed by atoms with Gasteiger partial charge in [-0.25, -0.2) is 0 Å². The van der Waals surface area contributed by atoms with Crippen LogP contribution in [0, 0.1) is 11.3 Å². The molecule has 0 amide bonds. The minimum Gasteiger partial charge on any atom is -0.772 e. The number of benzene rings is 1. The minimum atomic E-state index is -2.01. The van der Waals surface area contributed by atoms with Gasteiger partial charge in [0.2, 0.25) is 0 Å². The van der Waals surface area contributed by atoms with Gasteiger partial charge in [0, 0.05) is 5.75 Å². The zero-order valence-electron chi connectivity index (χ0n) is 6.90. The number of hydrogen-bond donors (Lipinski definition) is 0. The second-order valence-corrected chi connectivity index (χ2v) is 3.59. The first-order chi connectivity index (χ1) is 6.22. The maximum Gasteiger partial charge on any atom is 0.0991 e. The van der Waals surface area contributed by atoms with E-state index in [2.05, 4.69) is 0 Å². The molecule has 1 atom stereocenters. The molecule has 1 aromatic carbocycles. The van der Waals surface area contributed by atoms with Crippen LogP contribution in [-0.2, 0) is 17.5 Å². The van der Waals surface area contributed by atoms with Crippen LogP contribution in [0.4, 0.5) is 0 Å². The highest BCUT2D eigenvalue weighted by molar-refractivity contribution is 7.79. The monoisotopic (exact) mass is 194 g/mol. The molecule has 13 heavy (non-hydrogen) atoms. The normalized spacial score (nSPS) is 12.0. The van der Waals surface area contributed by atoms with Crippen molar-refractivity contribution in [2.75, 3.05) is 5.75 Å². The molecule has 68 valence electrons. The van der Waals surface area contributed by atoms with E-state index in [0.717, 1.165) is 5.56 Å². The van der Waals surface area contributed by atoms with Crippen LogP contribution in [-0.4, -0.2) is 14.5 Å². The van der Waals surface area contributed by atoms with E-state index in [1.165, 1.54) is 0 Å². The molecule has 0 bridgehead atoms. The van der Waals surface area contributed by atoms with Gasteiger partial charge in [0.25, 0.3) is 0 Å². The first-order valence-electron chi connectivity index (χ1n) is 3.77. The molecule has 0 aromatic heterocycles. The van der Waals surface area contributed by atoms with E-state index >= 15 is 0 Å². The van der Waals surface area contributed by atoms with Gasteiger partial charge in [-0.05, 0) is 24.1 Å². The van der Waals surface area contributed by atoms with E-state index in [-0.39, 0.29) is 5.75 Å². The second kappa shape index (κ2) is 4.75. The van der Waals surface area contributed by atoms with Crippen LogP contribution in [0.15, 0.2) is 24.3 Å². The van der Waals surface area contributed by atoms with Crippen molar-refractivity contribution in [3.8, 4) is 6.07 Å². The standard InChI is InChI=1S/C9H9NO2S/c10-7-9-3-1-2-8(6-9)4-5-13(11)12/h1-3,6H,4-5H2,(H,11,12)/p-1. The Balaban J connectivity index is 2.68. The Morgan fingerprint density at radius 2 is 2.31 bits per heavy atom. The Labute approximate surface area is 79.3 Å². The Hall–Kier alpha value is -1.18. The number of rotatable bonds is 3. The molecule has 3 nitrogen and oxygen atoms in total. The molecule has 0 N–H and O–H groups in total. The fourth-order valence-electron chi connectivity index (χ4n) is 0.998. The topological polar surface area (TPSA) is 63.9 Å². The van der Waals surface area contributed by atoms with Crippen molar-refractivity contribution in [3.05, 3.63) is 35.4 Å². The summed E-state index contributed by atoms with van der Waals surface area (Å²) in [5.74, 6) is 0.106. The zero-order valence-corrected chi connectivity index (χ0v) is 7.71. The molecule has 0 saturated heterocycles. The average molecular weight is 194 g/mol. The van der Waals surface area contributed by atoms with E-state index < -0.39 is 11.1 Å². The molecule has 0 heterocycles. The van der Waals surface area contributed by atoms with Gasteiger partial charge in [0.15, 0.2) is 0 Å². The van der Waals surface area contributed by atoms with Crippen LogP contribution in [0.5, 0.6) is 0 Å². The fourth-order valence-corrected chi connectivity index (χ4v) is 1.40. The van der Waals surface area contributed by atoms with E-state index in [0.29, 0.717) is 12.0 Å². The molecule has 1 aromatic rings. The largest absolute Gasteiger partial charge is 0.772 e. The van der Waals surface area contributed by atoms with Crippen LogP contribution in [0.3, 0.4) is 0 Å². The van der Waals surface area contributed by atoms with E-state index in [1.54, 1.807) is 18.2 Å². The molecule has 0 aliphatic heterocycles. The predicted octanol–water partition coefficient (Wildman–Crippen LogP) is 0.980. The molecule has 0 aliphatic carbocycles. The summed E-state index contributed by atoms with van der Waals surface area (Å²) in [6, 6.07) is 8.96. The van der Waals surface area contributed by atoms with Crippen molar-refractivity contribution in [3.63, 3.8) is 0 Å². The lowest BCUT2D eigenvalue weighted by atomic mass is 10.1. The Bertz CT molecular complexity index is 357. The van der Waals surface area contributed by atoms with Gasteiger partial charge in [-0.1, -0.05) is 23.2 Å². The van der Waals surface area contributed by atoms with Crippen molar-refractivity contribution < 1.29 is 8.76 Å². The van der Waals surface area contributed by atoms with Gasteiger partial charge in [-0.3, -0.25) is 4.21 Å². The van der Waals surface area contributed by atoms with Gasteiger partial charge in [0.05, 0.1) is 11.6 Å². The first-order valence-corrected chi connectivity index (χ1v) is 5.01. The molecule has 1 rings (SSSR count). The Morgan fingerprint density at radius 1 is 1.54 bits per heavy atom. The van der Waals surface area contributed by atoms with Gasteiger partial charge in [0.1, 0.15) is 0 Å². The third kappa shape index (κ3) is 3.36. The van der Waals surface area contributed by atoms with Crippen LogP contribution >= 0.6 is 0 Å². The highest BCUT2D eigenvalue weighted by atomic mass is 32.2. The smallest absolute Gasteiger partial charge is 0.0991 e. The molecule has 0 radical (unpaired) electrons. The molecule has 1 unspecified atom stereocenters. The molecule has 4 heteroatoms. The Kier molecular flexibility index (Phi) is 3.62. The minimum absolute atomic E-state index is 0.106. The SMILES string of the molecule is N#Cc1cccc(CCS(=O)[O-])c1. The summed E-state index contributed by atoms with van der Waals surface area (Å²) in [4.78, 5) is 0. The van der Waals surface area contributed by atoms with Gasteiger partial charge in [-0.15, -0.1) is 0 Å². The maximum atomic E-state index is 10.3. The van der Waals surface area contributed by atoms with Crippen LogP contribution in [0.25, 0.3) is 0 Å². The number of nitrogens with zero attached hydrogens (tertiary/aromatic N) is 1. The molecule has 0 aliphatic rings. The molecular formula is C9H8NO2S-. The van der Waals surface area contributed by atoms with Gasteiger partial charge >= 0.3 is 0 Å². The number of nitriles is 1. The van der Waals surface area contributed by atoms with E-state index in [4.69, 9.17) is 5.26 Å². The van der Waals surface area contributed by atoms with E-state index in [9.17, 15) is 8.76 Å². The third-order valence-corrected chi connectivity index (χ3v) is 2.15. The lowest BCUT2D eigenvalue weighted by Gasteiger charge is -2.04. The summed E-state index contributed by atoms with van der Waals surface area (Å²) in [5.41, 5.74) is 1.44. The number of aryl methyl sites for hydroxylation is 1. The fraction of sp³-hybridized carbons (Fsp3) is 0.222. The summed E-state index contributed by atoms with van der Waals surface area (Å²) < 4.78 is 20.5. The van der Waals surface area contributed by atoms with Crippen molar-refractivity contribution in [2.24, 2.45) is 0 Å². The molecule has 0 saturated carbocycles. The maximum absolute atomic E-state index is 10.3. The summed E-state index contributed by atoms with van der Waals surface area (Å²) in [6.45, 7) is 0. The molecule has 0 spiro atoms. The van der Waals surface area contributed by atoms with Crippen molar-refractivity contribution in [1.82, 2.24) is 0 Å². The third-order valence-electron chi connectivity index (χ3n) is 1.61. The molecular weight excluding hydrogens is 186 g/mol. The lowest BCUT2D eigenvalue weighted by molar-refractivity contribution is 0.536. The van der Waals surface area contributed by atoms with Crippen molar-refractivity contribution in [2.45, 2.75) is 6.42 Å². The highest BCUT2D eigenvalue weighted by Gasteiger charge is 1.94. The van der Waals surface area contributed by atoms with Crippen LogP contribution in [0.2, 0.25) is 0 Å².